The molecule has 0 radical (unpaired) electrons. The number of ether oxygens (including phenoxy) is 1. The Kier molecular flexibility index (Phi) is 2.75. The molecule has 0 bridgehead atoms. The minimum atomic E-state index is -0.404. The van der Waals surface area contributed by atoms with Crippen LogP contribution in [-0.4, -0.2) is 6.03 Å². The molecule has 0 unspecified atom stereocenters. The Balaban J connectivity index is 1.75. The standard InChI is InChI=1S/C13H11N3O3/c1-9-4-2-3-5-12(9)19-7-10-6-18-8-11(10)16-13(17)14-15-16/h2-6,8H,7H2,1H3. The molecule has 0 atom stereocenters. The fourth-order valence-electron chi connectivity index (χ4n) is 1.76. The fourth-order valence-corrected chi connectivity index (χ4v) is 1.76. The van der Waals surface area contributed by atoms with Gasteiger partial charge in [-0.3, -0.25) is 0 Å². The van der Waals surface area contributed by atoms with Crippen LogP contribution in [0.25, 0.3) is 0 Å². The smallest absolute Gasteiger partial charge is 0.390 e. The summed E-state index contributed by atoms with van der Waals surface area (Å²) in [4.78, 5) is 11.2. The Morgan fingerprint density at radius 1 is 1.32 bits per heavy atom. The van der Waals surface area contributed by atoms with E-state index in [1.54, 1.807) is 0 Å². The summed E-state index contributed by atoms with van der Waals surface area (Å²) in [6.07, 6.45) is 2.99. The van der Waals surface area contributed by atoms with Gasteiger partial charge in [0.05, 0.1) is 11.8 Å². The highest BCUT2D eigenvalue weighted by atomic mass is 16.5. The highest BCUT2D eigenvalue weighted by Crippen LogP contribution is 2.28. The quantitative estimate of drug-likeness (QED) is 0.842. The molecule has 3 rings (SSSR count). The van der Waals surface area contributed by atoms with Gasteiger partial charge in [-0.05, 0) is 18.6 Å². The summed E-state index contributed by atoms with van der Waals surface area (Å²) >= 11 is 0. The molecule has 2 heterocycles. The lowest BCUT2D eigenvalue weighted by Crippen LogP contribution is -2.29. The molecular formula is C13H11N3O3. The second kappa shape index (κ2) is 4.56. The summed E-state index contributed by atoms with van der Waals surface area (Å²) < 4.78 is 10.8. The lowest BCUT2D eigenvalue weighted by Gasteiger charge is -2.18. The van der Waals surface area contributed by atoms with Crippen molar-refractivity contribution in [3.8, 4) is 5.75 Å². The van der Waals surface area contributed by atoms with Crippen LogP contribution in [0.15, 0.2) is 51.5 Å². The van der Waals surface area contributed by atoms with Gasteiger partial charge in [-0.1, -0.05) is 28.5 Å². The first kappa shape index (κ1) is 11.5. The van der Waals surface area contributed by atoms with Gasteiger partial charge < -0.3 is 9.15 Å². The van der Waals surface area contributed by atoms with Gasteiger partial charge in [0.2, 0.25) is 0 Å². The van der Waals surface area contributed by atoms with Crippen LogP contribution in [0.2, 0.25) is 0 Å². The van der Waals surface area contributed by atoms with Crippen molar-refractivity contribution in [2.24, 2.45) is 10.3 Å². The number of nitrogens with zero attached hydrogens (tertiary/aromatic N) is 3. The molecule has 1 aliphatic heterocycles. The molecule has 6 heteroatoms. The van der Waals surface area contributed by atoms with E-state index in [0.29, 0.717) is 12.3 Å². The molecule has 1 aliphatic rings. The van der Waals surface area contributed by atoms with Crippen molar-refractivity contribution in [3.05, 3.63) is 47.9 Å². The number of anilines is 1. The number of urea groups is 1. The summed E-state index contributed by atoms with van der Waals surface area (Å²) in [6.45, 7) is 2.27. The van der Waals surface area contributed by atoms with Gasteiger partial charge in [0.25, 0.3) is 0 Å². The van der Waals surface area contributed by atoms with Gasteiger partial charge in [-0.25, -0.2) is 4.79 Å². The Bertz CT molecular complexity index is 648. The number of aryl methyl sites for hydroxylation is 1. The minimum absolute atomic E-state index is 0.302. The molecule has 0 saturated heterocycles. The molecule has 0 saturated carbocycles. The predicted molar refractivity (Wildman–Crippen MR) is 67.0 cm³/mol. The van der Waals surface area contributed by atoms with Crippen LogP contribution >= 0.6 is 0 Å². The zero-order valence-electron chi connectivity index (χ0n) is 10.2. The Hall–Kier alpha value is -2.63. The third-order valence-electron chi connectivity index (χ3n) is 2.82. The van der Waals surface area contributed by atoms with Crippen molar-refractivity contribution in [1.82, 2.24) is 0 Å². The van der Waals surface area contributed by atoms with E-state index in [-0.39, 0.29) is 0 Å². The van der Waals surface area contributed by atoms with Crippen molar-refractivity contribution in [1.29, 1.82) is 0 Å². The van der Waals surface area contributed by atoms with E-state index < -0.39 is 6.03 Å². The predicted octanol–water partition coefficient (Wildman–Crippen LogP) is 3.47. The molecule has 6 nitrogen and oxygen atoms in total. The number of carbonyl (C=O) groups is 1. The SMILES string of the molecule is Cc1ccccc1OCc1cocc1N1N=NC1=O. The maximum atomic E-state index is 11.2. The lowest BCUT2D eigenvalue weighted by molar-refractivity contribution is 0.245. The molecule has 0 aliphatic carbocycles. The number of carbonyl (C=O) groups excluding carboxylic acids is 1. The van der Waals surface area contributed by atoms with E-state index in [1.165, 1.54) is 17.5 Å². The van der Waals surface area contributed by atoms with Crippen molar-refractivity contribution in [2.75, 3.05) is 5.01 Å². The first-order chi connectivity index (χ1) is 9.25. The normalized spacial score (nSPS) is 13.5. The van der Waals surface area contributed by atoms with E-state index >= 15 is 0 Å². The van der Waals surface area contributed by atoms with E-state index in [9.17, 15) is 4.79 Å². The molecule has 19 heavy (non-hydrogen) atoms. The van der Waals surface area contributed by atoms with Crippen molar-refractivity contribution in [3.63, 3.8) is 0 Å². The zero-order chi connectivity index (χ0) is 13.2. The third-order valence-corrected chi connectivity index (χ3v) is 2.82. The Labute approximate surface area is 109 Å². The van der Waals surface area contributed by atoms with E-state index in [4.69, 9.17) is 9.15 Å². The van der Waals surface area contributed by atoms with Gasteiger partial charge in [0.1, 0.15) is 24.3 Å². The molecular weight excluding hydrogens is 246 g/mol. The number of para-hydroxylation sites is 1. The lowest BCUT2D eigenvalue weighted by atomic mass is 10.2. The first-order valence-corrected chi connectivity index (χ1v) is 5.75. The Morgan fingerprint density at radius 3 is 2.84 bits per heavy atom. The molecule has 96 valence electrons. The van der Waals surface area contributed by atoms with Crippen LogP contribution in [0.3, 0.4) is 0 Å². The van der Waals surface area contributed by atoms with E-state index in [1.807, 2.05) is 31.2 Å². The second-order valence-corrected chi connectivity index (χ2v) is 4.12. The fraction of sp³-hybridized carbons (Fsp3) is 0.154. The van der Waals surface area contributed by atoms with Crippen molar-refractivity contribution < 1.29 is 13.9 Å². The van der Waals surface area contributed by atoms with Crippen molar-refractivity contribution >= 4 is 11.7 Å². The van der Waals surface area contributed by atoms with Gasteiger partial charge in [0.15, 0.2) is 0 Å². The van der Waals surface area contributed by atoms with Gasteiger partial charge in [0, 0.05) is 0 Å². The molecule has 2 aromatic rings. The third kappa shape index (κ3) is 2.08. The largest absolute Gasteiger partial charge is 0.488 e. The minimum Gasteiger partial charge on any atom is -0.488 e. The summed E-state index contributed by atoms with van der Waals surface area (Å²) in [5.41, 5.74) is 2.36. The van der Waals surface area contributed by atoms with Crippen molar-refractivity contribution in [2.45, 2.75) is 13.5 Å². The van der Waals surface area contributed by atoms with Gasteiger partial charge >= 0.3 is 6.03 Å². The molecule has 0 fully saturated rings. The van der Waals surface area contributed by atoms with Gasteiger partial charge in [-0.2, -0.15) is 5.01 Å². The maximum Gasteiger partial charge on any atom is 0.390 e. The maximum absolute atomic E-state index is 11.2. The number of amides is 2. The number of benzene rings is 1. The van der Waals surface area contributed by atoms with Crippen LogP contribution in [0.1, 0.15) is 11.1 Å². The molecule has 2 amide bonds. The summed E-state index contributed by atoms with van der Waals surface area (Å²) in [6, 6.07) is 7.32. The van der Waals surface area contributed by atoms with E-state index in [2.05, 4.69) is 10.3 Å². The monoisotopic (exact) mass is 257 g/mol. The second-order valence-electron chi connectivity index (χ2n) is 4.12. The molecule has 1 aromatic carbocycles. The van der Waals surface area contributed by atoms with Crippen LogP contribution in [0.5, 0.6) is 5.75 Å². The summed E-state index contributed by atoms with van der Waals surface area (Å²) in [5, 5.41) is 8.11. The highest BCUT2D eigenvalue weighted by molar-refractivity contribution is 5.95. The van der Waals surface area contributed by atoms with Crippen LogP contribution in [0.4, 0.5) is 10.5 Å². The van der Waals surface area contributed by atoms with Crippen LogP contribution in [0, 0.1) is 6.92 Å². The van der Waals surface area contributed by atoms with Crippen LogP contribution < -0.4 is 9.75 Å². The molecule has 0 spiro atoms. The van der Waals surface area contributed by atoms with Crippen LogP contribution in [-0.2, 0) is 6.61 Å². The number of rotatable bonds is 4. The van der Waals surface area contributed by atoms with Gasteiger partial charge in [-0.15, -0.1) is 0 Å². The first-order valence-electron chi connectivity index (χ1n) is 5.75. The number of hydrogen-bond acceptors (Lipinski definition) is 4. The average Bonchev–Trinajstić information content (AvgIpc) is 2.84. The summed E-state index contributed by atoms with van der Waals surface area (Å²) in [7, 11) is 0. The van der Waals surface area contributed by atoms with E-state index in [0.717, 1.165) is 16.9 Å². The zero-order valence-corrected chi connectivity index (χ0v) is 10.2. The Morgan fingerprint density at radius 2 is 2.16 bits per heavy atom. The highest BCUT2D eigenvalue weighted by Gasteiger charge is 2.27. The number of furan rings is 1. The average molecular weight is 257 g/mol. The summed E-state index contributed by atoms with van der Waals surface area (Å²) in [5.74, 6) is 0.797. The number of hydrogen-bond donors (Lipinski definition) is 0. The molecule has 1 aromatic heterocycles. The molecule has 0 N–H and O–H groups in total. The topological polar surface area (TPSA) is 67.4 Å².